The average Bonchev–Trinajstić information content (AvgIpc) is 2.90. The maximum Gasteiger partial charge on any atom is 0.322 e. The Morgan fingerprint density at radius 2 is 1.64 bits per heavy atom. The van der Waals surface area contributed by atoms with Crippen molar-refractivity contribution in [3.8, 4) is 17.3 Å². The van der Waals surface area contributed by atoms with Crippen LogP contribution in [-0.2, 0) is 0 Å². The molecule has 1 N–H and O–H groups in total. The van der Waals surface area contributed by atoms with E-state index in [1.807, 2.05) is 36.1 Å². The molecule has 7 nitrogen and oxygen atoms in total. The summed E-state index contributed by atoms with van der Waals surface area (Å²) < 4.78 is 13.5. The van der Waals surface area contributed by atoms with Gasteiger partial charge in [-0.1, -0.05) is 24.3 Å². The number of carbonyl (C=O) groups is 1. The number of benzene rings is 3. The molecule has 36 heavy (non-hydrogen) atoms. The molecule has 2 heterocycles. The standard InChI is InChI=1S/C28H25FN6O/c1-18-17-35(28(36)31-23-13-7-20(15-30)8-14-23)19(2)16-34(18)27-25-6-4-3-5-24(25)26(32-33-27)21-9-11-22(29)12-10-21/h3-14,18-19H,16-17H2,1-2H3,(H,31,36). The Balaban J connectivity index is 1.39. The van der Waals surface area contributed by atoms with Gasteiger partial charge in [0, 0.05) is 47.2 Å². The van der Waals surface area contributed by atoms with Gasteiger partial charge in [0.2, 0.25) is 0 Å². The Morgan fingerprint density at radius 1 is 0.944 bits per heavy atom. The Hall–Kier alpha value is -4.51. The molecule has 5 rings (SSSR count). The molecule has 0 aliphatic carbocycles. The lowest BCUT2D eigenvalue weighted by Crippen LogP contribution is -2.59. The zero-order valence-corrected chi connectivity index (χ0v) is 20.0. The Morgan fingerprint density at radius 3 is 2.33 bits per heavy atom. The molecule has 8 heteroatoms. The van der Waals surface area contributed by atoms with Crippen molar-refractivity contribution >= 4 is 28.3 Å². The van der Waals surface area contributed by atoms with Crippen molar-refractivity contribution in [1.29, 1.82) is 5.26 Å². The summed E-state index contributed by atoms with van der Waals surface area (Å²) in [6.07, 6.45) is 0. The lowest BCUT2D eigenvalue weighted by atomic mass is 10.0. The second kappa shape index (κ2) is 9.62. The third kappa shape index (κ3) is 4.43. The maximum atomic E-state index is 13.5. The van der Waals surface area contributed by atoms with Crippen molar-refractivity contribution in [1.82, 2.24) is 15.1 Å². The highest BCUT2D eigenvalue weighted by atomic mass is 19.1. The number of hydrogen-bond donors (Lipinski definition) is 1. The van der Waals surface area contributed by atoms with Crippen molar-refractivity contribution in [2.45, 2.75) is 25.9 Å². The number of carbonyl (C=O) groups excluding carboxylic acids is 1. The van der Waals surface area contributed by atoms with Crippen LogP contribution in [0.2, 0.25) is 0 Å². The van der Waals surface area contributed by atoms with Crippen molar-refractivity contribution in [2.75, 3.05) is 23.3 Å². The fourth-order valence-corrected chi connectivity index (χ4v) is 4.65. The van der Waals surface area contributed by atoms with Gasteiger partial charge in [0.05, 0.1) is 11.6 Å². The molecular weight excluding hydrogens is 455 g/mol. The first-order chi connectivity index (χ1) is 17.4. The van der Waals surface area contributed by atoms with Gasteiger partial charge in [-0.25, -0.2) is 9.18 Å². The highest BCUT2D eigenvalue weighted by Gasteiger charge is 2.34. The summed E-state index contributed by atoms with van der Waals surface area (Å²) >= 11 is 0. The largest absolute Gasteiger partial charge is 0.348 e. The van der Waals surface area contributed by atoms with Crippen molar-refractivity contribution in [3.63, 3.8) is 0 Å². The second-order valence-corrected chi connectivity index (χ2v) is 9.05. The van der Waals surface area contributed by atoms with Gasteiger partial charge in [0.15, 0.2) is 5.82 Å². The summed E-state index contributed by atoms with van der Waals surface area (Å²) in [5, 5.41) is 22.9. The number of rotatable bonds is 3. The fourth-order valence-electron chi connectivity index (χ4n) is 4.65. The van der Waals surface area contributed by atoms with Crippen LogP contribution in [0.4, 0.5) is 20.7 Å². The van der Waals surface area contributed by atoms with Crippen LogP contribution in [0.3, 0.4) is 0 Å². The molecule has 1 saturated heterocycles. The SMILES string of the molecule is CC1CN(c2nnc(-c3ccc(F)cc3)c3ccccc23)C(C)CN1C(=O)Nc1ccc(C#N)cc1. The van der Waals surface area contributed by atoms with E-state index in [-0.39, 0.29) is 23.9 Å². The molecule has 2 amide bonds. The normalized spacial score (nSPS) is 17.6. The summed E-state index contributed by atoms with van der Waals surface area (Å²) in [4.78, 5) is 17.1. The number of urea groups is 1. The van der Waals surface area contributed by atoms with Crippen LogP contribution in [0.5, 0.6) is 0 Å². The molecule has 2 atom stereocenters. The third-order valence-corrected chi connectivity index (χ3v) is 6.57. The molecule has 180 valence electrons. The topological polar surface area (TPSA) is 85.2 Å². The van der Waals surface area contributed by atoms with E-state index in [1.54, 1.807) is 36.4 Å². The van der Waals surface area contributed by atoms with E-state index in [1.165, 1.54) is 12.1 Å². The van der Waals surface area contributed by atoms with Gasteiger partial charge >= 0.3 is 6.03 Å². The van der Waals surface area contributed by atoms with Gasteiger partial charge in [-0.3, -0.25) is 0 Å². The summed E-state index contributed by atoms with van der Waals surface area (Å²) in [7, 11) is 0. The molecule has 1 aliphatic rings. The molecule has 1 aromatic heterocycles. The predicted molar refractivity (Wildman–Crippen MR) is 138 cm³/mol. The Kier molecular flexibility index (Phi) is 6.21. The number of anilines is 2. The number of piperazine rings is 1. The fraction of sp³-hybridized carbons (Fsp3) is 0.214. The first-order valence-electron chi connectivity index (χ1n) is 11.8. The molecule has 0 saturated carbocycles. The van der Waals surface area contributed by atoms with Gasteiger partial charge in [0.25, 0.3) is 0 Å². The van der Waals surface area contributed by atoms with E-state index in [4.69, 9.17) is 5.26 Å². The number of nitrogens with one attached hydrogen (secondary N) is 1. The van der Waals surface area contributed by atoms with Crippen LogP contribution in [0, 0.1) is 17.1 Å². The first-order valence-corrected chi connectivity index (χ1v) is 11.8. The Bertz CT molecular complexity index is 1450. The van der Waals surface area contributed by atoms with Crippen LogP contribution < -0.4 is 10.2 Å². The second-order valence-electron chi connectivity index (χ2n) is 9.05. The molecule has 2 unspecified atom stereocenters. The molecule has 0 bridgehead atoms. The molecule has 3 aromatic carbocycles. The Labute approximate surface area is 208 Å². The monoisotopic (exact) mass is 480 g/mol. The highest BCUT2D eigenvalue weighted by molar-refractivity contribution is 6.00. The minimum atomic E-state index is -0.295. The van der Waals surface area contributed by atoms with E-state index < -0.39 is 0 Å². The minimum absolute atomic E-state index is 0.00212. The van der Waals surface area contributed by atoms with E-state index in [0.717, 1.165) is 22.2 Å². The zero-order valence-electron chi connectivity index (χ0n) is 20.0. The molecule has 1 aliphatic heterocycles. The molecule has 0 radical (unpaired) electrons. The number of nitrogens with zero attached hydrogens (tertiary/aromatic N) is 5. The quantitative estimate of drug-likeness (QED) is 0.422. The number of fused-ring (bicyclic) bond motifs is 1. The lowest BCUT2D eigenvalue weighted by Gasteiger charge is -2.44. The summed E-state index contributed by atoms with van der Waals surface area (Å²) in [6, 6.07) is 22.9. The predicted octanol–water partition coefficient (Wildman–Crippen LogP) is 5.44. The lowest BCUT2D eigenvalue weighted by molar-refractivity contribution is 0.173. The zero-order chi connectivity index (χ0) is 25.2. The van der Waals surface area contributed by atoms with Crippen LogP contribution >= 0.6 is 0 Å². The molecule has 0 spiro atoms. The number of amides is 2. The van der Waals surface area contributed by atoms with Crippen LogP contribution in [-0.4, -0.2) is 46.3 Å². The number of hydrogen-bond acceptors (Lipinski definition) is 5. The molecule has 4 aromatic rings. The summed E-state index contributed by atoms with van der Waals surface area (Å²) in [5.74, 6) is 0.472. The van der Waals surface area contributed by atoms with Crippen molar-refractivity contribution < 1.29 is 9.18 Å². The van der Waals surface area contributed by atoms with Crippen molar-refractivity contribution in [2.24, 2.45) is 0 Å². The number of nitriles is 1. The van der Waals surface area contributed by atoms with Gasteiger partial charge in [0.1, 0.15) is 11.5 Å². The van der Waals surface area contributed by atoms with Gasteiger partial charge in [-0.15, -0.1) is 10.2 Å². The van der Waals surface area contributed by atoms with Crippen LogP contribution in [0.1, 0.15) is 19.4 Å². The van der Waals surface area contributed by atoms with Crippen LogP contribution in [0.25, 0.3) is 22.0 Å². The van der Waals surface area contributed by atoms with Crippen molar-refractivity contribution in [3.05, 3.63) is 84.2 Å². The minimum Gasteiger partial charge on any atom is -0.348 e. The van der Waals surface area contributed by atoms with E-state index in [9.17, 15) is 9.18 Å². The highest BCUT2D eigenvalue weighted by Crippen LogP contribution is 2.33. The van der Waals surface area contributed by atoms with E-state index in [0.29, 0.717) is 30.0 Å². The first kappa shape index (κ1) is 23.2. The summed E-state index contributed by atoms with van der Waals surface area (Å²) in [6.45, 7) is 5.19. The van der Waals surface area contributed by atoms with Gasteiger partial charge in [-0.05, 0) is 62.4 Å². The molecule has 1 fully saturated rings. The van der Waals surface area contributed by atoms with E-state index >= 15 is 0 Å². The molecular formula is C28H25FN6O. The number of aromatic nitrogens is 2. The average molecular weight is 481 g/mol. The van der Waals surface area contributed by atoms with Crippen LogP contribution in [0.15, 0.2) is 72.8 Å². The maximum absolute atomic E-state index is 13.5. The third-order valence-electron chi connectivity index (χ3n) is 6.57. The van der Waals surface area contributed by atoms with Gasteiger partial charge in [-0.2, -0.15) is 5.26 Å². The summed E-state index contributed by atoms with van der Waals surface area (Å²) in [5.41, 5.74) is 2.70. The number of halogens is 1. The van der Waals surface area contributed by atoms with E-state index in [2.05, 4.69) is 33.4 Å². The smallest absolute Gasteiger partial charge is 0.322 e. The van der Waals surface area contributed by atoms with Gasteiger partial charge < -0.3 is 15.1 Å².